The fraction of sp³-hybridized carbons (Fsp3) is 0.286. The third kappa shape index (κ3) is 5.77. The molecule has 2 aromatic carbocycles. The number of halogens is 1. The Kier molecular flexibility index (Phi) is 7.70. The number of nitrogens with one attached hydrogen (secondary N) is 1. The maximum Gasteiger partial charge on any atom is 0.271 e. The summed E-state index contributed by atoms with van der Waals surface area (Å²) >= 11 is 7.24. The topological polar surface area (TPSA) is 112 Å². The Morgan fingerprint density at radius 1 is 1.25 bits per heavy atom. The van der Waals surface area contributed by atoms with Crippen molar-refractivity contribution in [3.63, 3.8) is 0 Å². The first-order chi connectivity index (χ1) is 15.3. The molecule has 0 saturated carbocycles. The van der Waals surface area contributed by atoms with Gasteiger partial charge in [0.2, 0.25) is 5.91 Å². The van der Waals surface area contributed by atoms with E-state index in [0.717, 1.165) is 16.9 Å². The molecule has 0 fully saturated rings. The summed E-state index contributed by atoms with van der Waals surface area (Å²) in [7, 11) is 0. The number of nitro groups is 1. The highest BCUT2D eigenvalue weighted by Gasteiger charge is 2.16. The van der Waals surface area contributed by atoms with Crippen LogP contribution in [-0.2, 0) is 17.9 Å². The van der Waals surface area contributed by atoms with Crippen LogP contribution in [0.3, 0.4) is 0 Å². The molecule has 1 N–H and O–H groups in total. The summed E-state index contributed by atoms with van der Waals surface area (Å²) in [6.07, 6.45) is 0. The van der Waals surface area contributed by atoms with E-state index in [1.807, 2.05) is 43.5 Å². The molecule has 0 unspecified atom stereocenters. The molecule has 3 aromatic rings. The van der Waals surface area contributed by atoms with Gasteiger partial charge in [-0.3, -0.25) is 14.9 Å². The lowest BCUT2D eigenvalue weighted by atomic mass is 10.1. The smallest absolute Gasteiger partial charge is 0.271 e. The number of nitrogens with zero attached hydrogens (tertiary/aromatic N) is 4. The SMILES string of the molecule is CCn1c(COc2ccc(C)cc2C)nnc1SCC(=O)Nc1cc([N+](=O)[O-])ccc1Cl. The molecule has 0 atom stereocenters. The van der Waals surface area contributed by atoms with Gasteiger partial charge < -0.3 is 14.6 Å². The van der Waals surface area contributed by atoms with Crippen LogP contribution in [0, 0.1) is 24.0 Å². The molecule has 0 aliphatic carbocycles. The number of non-ortho nitro benzene ring substituents is 1. The minimum absolute atomic E-state index is 0.0368. The highest BCUT2D eigenvalue weighted by Crippen LogP contribution is 2.27. The number of carbonyl (C=O) groups is 1. The van der Waals surface area contributed by atoms with Gasteiger partial charge in [-0.25, -0.2) is 0 Å². The Hall–Kier alpha value is -3.11. The molecule has 0 saturated heterocycles. The van der Waals surface area contributed by atoms with Gasteiger partial charge in [0.05, 0.1) is 21.4 Å². The molecule has 9 nitrogen and oxygen atoms in total. The number of aryl methyl sites for hydroxylation is 2. The van der Waals surface area contributed by atoms with Crippen molar-refractivity contribution in [1.29, 1.82) is 0 Å². The molecule has 3 rings (SSSR count). The van der Waals surface area contributed by atoms with Crippen LogP contribution in [0.1, 0.15) is 23.9 Å². The summed E-state index contributed by atoms with van der Waals surface area (Å²) in [5.41, 5.74) is 2.23. The maximum atomic E-state index is 12.4. The lowest BCUT2D eigenvalue weighted by Crippen LogP contribution is -2.15. The third-order valence-corrected chi connectivity index (χ3v) is 5.86. The Morgan fingerprint density at radius 3 is 2.72 bits per heavy atom. The summed E-state index contributed by atoms with van der Waals surface area (Å²) in [5.74, 6) is 1.10. The van der Waals surface area contributed by atoms with Crippen LogP contribution in [-0.4, -0.2) is 31.3 Å². The normalized spacial score (nSPS) is 10.8. The quantitative estimate of drug-likeness (QED) is 0.269. The number of aromatic nitrogens is 3. The highest BCUT2D eigenvalue weighted by atomic mass is 35.5. The van der Waals surface area contributed by atoms with Crippen LogP contribution >= 0.6 is 23.4 Å². The molecule has 11 heteroatoms. The molecule has 168 valence electrons. The average Bonchev–Trinajstić information content (AvgIpc) is 3.14. The Morgan fingerprint density at radius 2 is 2.03 bits per heavy atom. The first-order valence-electron chi connectivity index (χ1n) is 9.77. The molecular formula is C21H22ClN5O4S. The predicted molar refractivity (Wildman–Crippen MR) is 123 cm³/mol. The van der Waals surface area contributed by atoms with Crippen LogP contribution in [0.2, 0.25) is 5.02 Å². The van der Waals surface area contributed by atoms with Crippen molar-refractivity contribution in [2.75, 3.05) is 11.1 Å². The first-order valence-corrected chi connectivity index (χ1v) is 11.1. The molecule has 32 heavy (non-hydrogen) atoms. The van der Waals surface area contributed by atoms with Crippen molar-refractivity contribution >= 4 is 40.6 Å². The molecule has 1 heterocycles. The molecule has 1 amide bonds. The van der Waals surface area contributed by atoms with E-state index in [1.165, 1.54) is 30.0 Å². The lowest BCUT2D eigenvalue weighted by molar-refractivity contribution is -0.384. The van der Waals surface area contributed by atoms with Gasteiger partial charge >= 0.3 is 0 Å². The van der Waals surface area contributed by atoms with Crippen LogP contribution in [0.4, 0.5) is 11.4 Å². The number of thioether (sulfide) groups is 1. The molecule has 0 aliphatic heterocycles. The zero-order chi connectivity index (χ0) is 23.3. The zero-order valence-corrected chi connectivity index (χ0v) is 19.4. The monoisotopic (exact) mass is 475 g/mol. The number of carbonyl (C=O) groups excluding carboxylic acids is 1. The first kappa shape index (κ1) is 23.6. The molecule has 0 bridgehead atoms. The number of rotatable bonds is 9. The van der Waals surface area contributed by atoms with Crippen molar-refractivity contribution in [2.45, 2.75) is 39.1 Å². The van der Waals surface area contributed by atoms with E-state index in [0.29, 0.717) is 17.5 Å². The van der Waals surface area contributed by atoms with Crippen molar-refractivity contribution in [3.05, 3.63) is 68.5 Å². The van der Waals surface area contributed by atoms with Crippen molar-refractivity contribution in [1.82, 2.24) is 14.8 Å². The van der Waals surface area contributed by atoms with Crippen LogP contribution in [0.5, 0.6) is 5.75 Å². The third-order valence-electron chi connectivity index (χ3n) is 4.56. The van der Waals surface area contributed by atoms with Crippen LogP contribution in [0.25, 0.3) is 0 Å². The van der Waals surface area contributed by atoms with Gasteiger partial charge in [-0.05, 0) is 38.5 Å². The fourth-order valence-corrected chi connectivity index (χ4v) is 3.98. The summed E-state index contributed by atoms with van der Waals surface area (Å²) in [6.45, 7) is 6.83. The Balaban J connectivity index is 1.62. The fourth-order valence-electron chi connectivity index (χ4n) is 2.99. The van der Waals surface area contributed by atoms with Gasteiger partial charge in [-0.15, -0.1) is 10.2 Å². The van der Waals surface area contributed by atoms with Gasteiger partial charge in [0.25, 0.3) is 5.69 Å². The molecule has 0 aliphatic rings. The van der Waals surface area contributed by atoms with Gasteiger partial charge in [0.15, 0.2) is 11.0 Å². The number of ether oxygens (including phenoxy) is 1. The summed E-state index contributed by atoms with van der Waals surface area (Å²) in [6, 6.07) is 9.84. The van der Waals surface area contributed by atoms with E-state index < -0.39 is 4.92 Å². The van der Waals surface area contributed by atoms with Gasteiger partial charge in [-0.1, -0.05) is 41.1 Å². The molecule has 1 aromatic heterocycles. The second-order valence-electron chi connectivity index (χ2n) is 6.96. The van der Waals surface area contributed by atoms with E-state index >= 15 is 0 Å². The van der Waals surface area contributed by atoms with E-state index in [4.69, 9.17) is 16.3 Å². The second kappa shape index (κ2) is 10.5. The minimum Gasteiger partial charge on any atom is -0.485 e. The average molecular weight is 476 g/mol. The summed E-state index contributed by atoms with van der Waals surface area (Å²) in [5, 5.41) is 22.7. The van der Waals surface area contributed by atoms with Gasteiger partial charge in [0.1, 0.15) is 12.4 Å². The van der Waals surface area contributed by atoms with Crippen LogP contribution in [0.15, 0.2) is 41.6 Å². The number of nitro benzene ring substituents is 1. The van der Waals surface area contributed by atoms with Crippen molar-refractivity contribution in [3.8, 4) is 5.75 Å². The van der Waals surface area contributed by atoms with Crippen LogP contribution < -0.4 is 10.1 Å². The van der Waals surface area contributed by atoms with Crippen molar-refractivity contribution in [2.24, 2.45) is 0 Å². The number of anilines is 1. The minimum atomic E-state index is -0.549. The number of amides is 1. The van der Waals surface area contributed by atoms with E-state index in [9.17, 15) is 14.9 Å². The largest absolute Gasteiger partial charge is 0.485 e. The van der Waals surface area contributed by atoms with E-state index in [-0.39, 0.29) is 34.7 Å². The summed E-state index contributed by atoms with van der Waals surface area (Å²) < 4.78 is 7.78. The van der Waals surface area contributed by atoms with E-state index in [1.54, 1.807) is 0 Å². The molecule has 0 radical (unpaired) electrons. The van der Waals surface area contributed by atoms with E-state index in [2.05, 4.69) is 15.5 Å². The molecular weight excluding hydrogens is 454 g/mol. The van der Waals surface area contributed by atoms with Crippen molar-refractivity contribution < 1.29 is 14.5 Å². The highest BCUT2D eigenvalue weighted by molar-refractivity contribution is 7.99. The Bertz CT molecular complexity index is 1150. The van der Waals surface area contributed by atoms with Gasteiger partial charge in [0, 0.05) is 18.7 Å². The zero-order valence-electron chi connectivity index (χ0n) is 17.8. The lowest BCUT2D eigenvalue weighted by Gasteiger charge is -2.11. The number of benzene rings is 2. The number of hydrogen-bond acceptors (Lipinski definition) is 7. The molecule has 0 spiro atoms. The predicted octanol–water partition coefficient (Wildman–Crippen LogP) is 4.79. The maximum absolute atomic E-state index is 12.4. The number of hydrogen-bond donors (Lipinski definition) is 1. The summed E-state index contributed by atoms with van der Waals surface area (Å²) in [4.78, 5) is 22.7. The second-order valence-corrected chi connectivity index (χ2v) is 8.31. The van der Waals surface area contributed by atoms with Gasteiger partial charge in [-0.2, -0.15) is 0 Å². The standard InChI is InChI=1S/C21H22ClN5O4S/c1-4-26-19(11-31-18-8-5-13(2)9-14(18)3)24-25-21(26)32-12-20(28)23-17-10-15(27(29)30)6-7-16(17)22/h5-10H,4,11-12H2,1-3H3,(H,23,28). The Labute approximate surface area is 194 Å².